The van der Waals surface area contributed by atoms with Crippen molar-refractivity contribution in [2.45, 2.75) is 33.8 Å². The van der Waals surface area contributed by atoms with E-state index in [4.69, 9.17) is 4.74 Å². The van der Waals surface area contributed by atoms with Crippen LogP contribution >= 0.6 is 0 Å². The molecule has 0 aliphatic rings. The van der Waals surface area contributed by atoms with Crippen LogP contribution in [-0.4, -0.2) is 27.8 Å². The van der Waals surface area contributed by atoms with Crippen LogP contribution in [0.5, 0.6) is 0 Å². The number of fused-ring (bicyclic) bond motifs is 1. The van der Waals surface area contributed by atoms with Crippen LogP contribution in [0.25, 0.3) is 11.0 Å². The first-order valence-electron chi connectivity index (χ1n) is 6.35. The van der Waals surface area contributed by atoms with Crippen molar-refractivity contribution < 1.29 is 14.3 Å². The molecule has 0 aliphatic heterocycles. The van der Waals surface area contributed by atoms with Crippen molar-refractivity contribution in [3.63, 3.8) is 0 Å². The Kier molecular flexibility index (Phi) is 3.79. The molecule has 0 aliphatic carbocycles. The summed E-state index contributed by atoms with van der Waals surface area (Å²) in [5, 5.41) is 0. The average molecular weight is 272 g/mol. The van der Waals surface area contributed by atoms with Gasteiger partial charge in [-0.3, -0.25) is 4.79 Å². The van der Waals surface area contributed by atoms with Gasteiger partial charge < -0.3 is 4.74 Å². The molecule has 0 amide bonds. The summed E-state index contributed by atoms with van der Waals surface area (Å²) in [4.78, 5) is 31.8. The molecule has 0 saturated carbocycles. The highest BCUT2D eigenvalue weighted by Crippen LogP contribution is 2.15. The number of hydrogen-bond donors (Lipinski definition) is 0. The zero-order valence-electron chi connectivity index (χ0n) is 11.9. The molecule has 20 heavy (non-hydrogen) atoms. The molecule has 2 aromatic rings. The maximum absolute atomic E-state index is 11.9. The van der Waals surface area contributed by atoms with Gasteiger partial charge in [-0.15, -0.1) is 0 Å². The summed E-state index contributed by atoms with van der Waals surface area (Å²) < 4.78 is 5.06. The van der Waals surface area contributed by atoms with Crippen molar-refractivity contribution >= 4 is 22.8 Å². The van der Waals surface area contributed by atoms with Crippen molar-refractivity contribution in [2.75, 3.05) is 0 Å². The third kappa shape index (κ3) is 2.82. The number of nitrogens with zero attached hydrogens (tertiary/aromatic N) is 2. The highest BCUT2D eigenvalue weighted by atomic mass is 16.5. The molecule has 0 N–H and O–H groups in total. The fourth-order valence-corrected chi connectivity index (χ4v) is 1.67. The van der Waals surface area contributed by atoms with Crippen LogP contribution in [0.2, 0.25) is 0 Å². The quantitative estimate of drug-likeness (QED) is 0.802. The molecule has 2 rings (SSSR count). The summed E-state index contributed by atoms with van der Waals surface area (Å²) in [7, 11) is 0. The van der Waals surface area contributed by atoms with E-state index >= 15 is 0 Å². The van der Waals surface area contributed by atoms with E-state index in [2.05, 4.69) is 9.97 Å². The van der Waals surface area contributed by atoms with Crippen molar-refractivity contribution in [3.05, 3.63) is 35.2 Å². The van der Waals surface area contributed by atoms with Gasteiger partial charge in [0.25, 0.3) is 0 Å². The molecule has 1 atom stereocenters. The van der Waals surface area contributed by atoms with E-state index in [9.17, 15) is 9.59 Å². The SMILES string of the molecule is CC(=O)[C@@H](C)OC(=O)c1ccc2nc(C)c(C)nc2c1. The van der Waals surface area contributed by atoms with Gasteiger partial charge in [-0.05, 0) is 45.9 Å². The first kappa shape index (κ1) is 14.1. The molecule has 1 aromatic carbocycles. The predicted molar refractivity (Wildman–Crippen MR) is 74.6 cm³/mol. The number of rotatable bonds is 3. The molecule has 0 bridgehead atoms. The predicted octanol–water partition coefficient (Wildman–Crippen LogP) is 2.38. The van der Waals surface area contributed by atoms with Crippen molar-refractivity contribution in [3.8, 4) is 0 Å². The molecule has 0 saturated heterocycles. The lowest BCUT2D eigenvalue weighted by molar-refractivity contribution is -0.124. The summed E-state index contributed by atoms with van der Waals surface area (Å²) in [5.74, 6) is -0.722. The first-order valence-corrected chi connectivity index (χ1v) is 6.35. The van der Waals surface area contributed by atoms with Crippen LogP contribution in [0.15, 0.2) is 18.2 Å². The minimum absolute atomic E-state index is 0.189. The highest BCUT2D eigenvalue weighted by molar-refractivity contribution is 5.95. The summed E-state index contributed by atoms with van der Waals surface area (Å²) in [6.45, 7) is 6.69. The van der Waals surface area contributed by atoms with Crippen LogP contribution < -0.4 is 0 Å². The van der Waals surface area contributed by atoms with Crippen LogP contribution in [0.3, 0.4) is 0 Å². The number of carbonyl (C=O) groups excluding carboxylic acids is 2. The number of Topliss-reactive ketones (excluding diaryl/α,β-unsaturated/α-hetero) is 1. The third-order valence-electron chi connectivity index (χ3n) is 3.17. The second-order valence-electron chi connectivity index (χ2n) is 4.76. The van der Waals surface area contributed by atoms with E-state index in [1.165, 1.54) is 6.92 Å². The standard InChI is InChI=1S/C15H16N2O3/c1-8-9(2)17-14-7-12(5-6-13(14)16-8)15(19)20-11(4)10(3)18/h5-7,11H,1-4H3/t11-/m1/s1. The number of ketones is 1. The number of carbonyl (C=O) groups is 2. The second-order valence-corrected chi connectivity index (χ2v) is 4.76. The van der Waals surface area contributed by atoms with E-state index in [1.807, 2.05) is 13.8 Å². The lowest BCUT2D eigenvalue weighted by atomic mass is 10.2. The highest BCUT2D eigenvalue weighted by Gasteiger charge is 2.16. The summed E-state index contributed by atoms with van der Waals surface area (Å²) in [6.07, 6.45) is -0.746. The number of esters is 1. The Bertz CT molecular complexity index is 695. The van der Waals surface area contributed by atoms with Crippen LogP contribution in [-0.2, 0) is 9.53 Å². The fraction of sp³-hybridized carbons (Fsp3) is 0.333. The largest absolute Gasteiger partial charge is 0.451 e. The van der Waals surface area contributed by atoms with E-state index in [0.717, 1.165) is 16.9 Å². The van der Waals surface area contributed by atoms with Gasteiger partial charge in [0.05, 0.1) is 28.0 Å². The number of benzene rings is 1. The van der Waals surface area contributed by atoms with Crippen molar-refractivity contribution in [1.82, 2.24) is 9.97 Å². The van der Waals surface area contributed by atoms with E-state index in [-0.39, 0.29) is 5.78 Å². The molecule has 1 heterocycles. The maximum Gasteiger partial charge on any atom is 0.338 e. The number of aromatic nitrogens is 2. The molecule has 5 nitrogen and oxygen atoms in total. The van der Waals surface area contributed by atoms with Gasteiger partial charge in [0.1, 0.15) is 0 Å². The zero-order valence-corrected chi connectivity index (χ0v) is 11.9. The van der Waals surface area contributed by atoms with Gasteiger partial charge in [0.15, 0.2) is 11.9 Å². The molecular formula is C15H16N2O3. The zero-order chi connectivity index (χ0) is 14.9. The van der Waals surface area contributed by atoms with Gasteiger partial charge in [0.2, 0.25) is 0 Å². The smallest absolute Gasteiger partial charge is 0.338 e. The van der Waals surface area contributed by atoms with Crippen LogP contribution in [0.4, 0.5) is 0 Å². The Morgan fingerprint density at radius 2 is 1.70 bits per heavy atom. The third-order valence-corrected chi connectivity index (χ3v) is 3.17. The minimum atomic E-state index is -0.746. The Morgan fingerprint density at radius 3 is 2.30 bits per heavy atom. The van der Waals surface area contributed by atoms with Gasteiger partial charge in [-0.25, -0.2) is 14.8 Å². The van der Waals surface area contributed by atoms with E-state index in [0.29, 0.717) is 11.1 Å². The summed E-state index contributed by atoms with van der Waals surface area (Å²) in [6, 6.07) is 4.98. The number of aryl methyl sites for hydroxylation is 2. The molecule has 0 spiro atoms. The lowest BCUT2D eigenvalue weighted by Gasteiger charge is -2.10. The van der Waals surface area contributed by atoms with Gasteiger partial charge >= 0.3 is 5.97 Å². The normalized spacial score (nSPS) is 12.2. The first-order chi connectivity index (χ1) is 9.38. The topological polar surface area (TPSA) is 69.2 Å². The summed E-state index contributed by atoms with van der Waals surface area (Å²) in [5.41, 5.74) is 3.41. The van der Waals surface area contributed by atoms with Gasteiger partial charge in [0, 0.05) is 0 Å². The lowest BCUT2D eigenvalue weighted by Crippen LogP contribution is -2.21. The summed E-state index contributed by atoms with van der Waals surface area (Å²) >= 11 is 0. The Balaban J connectivity index is 2.34. The number of ether oxygens (including phenoxy) is 1. The van der Waals surface area contributed by atoms with E-state index in [1.54, 1.807) is 25.1 Å². The fourth-order valence-electron chi connectivity index (χ4n) is 1.67. The number of hydrogen-bond acceptors (Lipinski definition) is 5. The second kappa shape index (κ2) is 5.36. The van der Waals surface area contributed by atoms with Crippen LogP contribution in [0.1, 0.15) is 35.6 Å². The Labute approximate surface area is 117 Å². The van der Waals surface area contributed by atoms with Crippen molar-refractivity contribution in [1.29, 1.82) is 0 Å². The molecule has 5 heteroatoms. The minimum Gasteiger partial charge on any atom is -0.451 e. The molecule has 0 fully saturated rings. The van der Waals surface area contributed by atoms with Gasteiger partial charge in [-0.1, -0.05) is 0 Å². The Hall–Kier alpha value is -2.30. The van der Waals surface area contributed by atoms with Gasteiger partial charge in [-0.2, -0.15) is 0 Å². The Morgan fingerprint density at radius 1 is 1.10 bits per heavy atom. The van der Waals surface area contributed by atoms with Crippen LogP contribution in [0, 0.1) is 13.8 Å². The molecule has 1 aromatic heterocycles. The average Bonchev–Trinajstić information content (AvgIpc) is 2.39. The van der Waals surface area contributed by atoms with E-state index < -0.39 is 12.1 Å². The maximum atomic E-state index is 11.9. The van der Waals surface area contributed by atoms with Crippen molar-refractivity contribution in [2.24, 2.45) is 0 Å². The monoisotopic (exact) mass is 272 g/mol. The molecule has 0 unspecified atom stereocenters. The molecule has 0 radical (unpaired) electrons. The molecular weight excluding hydrogens is 256 g/mol. The molecule has 104 valence electrons.